The number of carbonyl (C=O) groups excluding carboxylic acids is 1. The molecular formula is C31H35ClN4O3. The molecular weight excluding hydrogens is 512 g/mol. The number of amidine groups is 1. The van der Waals surface area contributed by atoms with Crippen LogP contribution in [-0.2, 0) is 17.9 Å². The minimum absolute atomic E-state index is 0.0395. The largest absolute Gasteiger partial charge is 0.489 e. The zero-order valence-electron chi connectivity index (χ0n) is 22.7. The van der Waals surface area contributed by atoms with Crippen LogP contribution in [0.25, 0.3) is 0 Å². The van der Waals surface area contributed by atoms with E-state index in [1.807, 2.05) is 50.2 Å². The number of hydrogen-bond donors (Lipinski definition) is 0. The van der Waals surface area contributed by atoms with E-state index in [2.05, 4.69) is 41.0 Å². The summed E-state index contributed by atoms with van der Waals surface area (Å²) in [7, 11) is 0. The molecule has 0 aliphatic carbocycles. The Morgan fingerprint density at radius 2 is 1.62 bits per heavy atom. The highest BCUT2D eigenvalue weighted by molar-refractivity contribution is 6.30. The SMILES string of the molecule is CC(C)Oc1ccccc1N1Cc2ccccc2N=C1C(C)N1CCN(C(=O)OCc2ccc(Cl)cc2)CC1. The van der Waals surface area contributed by atoms with Crippen LogP contribution in [0.2, 0.25) is 5.02 Å². The van der Waals surface area contributed by atoms with Crippen LogP contribution in [0.4, 0.5) is 16.2 Å². The third-order valence-corrected chi connectivity index (χ3v) is 7.37. The fraction of sp³-hybridized carbons (Fsp3) is 0.355. The van der Waals surface area contributed by atoms with Crippen molar-refractivity contribution in [3.05, 3.63) is 88.9 Å². The first-order chi connectivity index (χ1) is 18.9. The van der Waals surface area contributed by atoms with Crippen molar-refractivity contribution in [2.75, 3.05) is 31.1 Å². The van der Waals surface area contributed by atoms with E-state index in [0.717, 1.165) is 48.2 Å². The number of piperazine rings is 1. The van der Waals surface area contributed by atoms with Crippen LogP contribution in [0.1, 0.15) is 31.9 Å². The van der Waals surface area contributed by atoms with Crippen molar-refractivity contribution < 1.29 is 14.3 Å². The molecule has 1 saturated heterocycles. The summed E-state index contributed by atoms with van der Waals surface area (Å²) in [5, 5.41) is 0.663. The van der Waals surface area contributed by atoms with Crippen molar-refractivity contribution in [2.24, 2.45) is 4.99 Å². The summed E-state index contributed by atoms with van der Waals surface area (Å²) in [5.74, 6) is 1.83. The van der Waals surface area contributed by atoms with Gasteiger partial charge in [0.1, 0.15) is 18.2 Å². The molecule has 39 heavy (non-hydrogen) atoms. The Labute approximate surface area is 235 Å². The second kappa shape index (κ2) is 12.1. The maximum Gasteiger partial charge on any atom is 0.410 e. The molecule has 8 heteroatoms. The molecule has 0 bridgehead atoms. The van der Waals surface area contributed by atoms with E-state index in [1.54, 1.807) is 17.0 Å². The molecule has 1 amide bonds. The Balaban J connectivity index is 1.29. The summed E-state index contributed by atoms with van der Waals surface area (Å²) >= 11 is 5.95. The van der Waals surface area contributed by atoms with Crippen molar-refractivity contribution in [3.8, 4) is 5.75 Å². The molecule has 0 spiro atoms. The van der Waals surface area contributed by atoms with Gasteiger partial charge in [-0.3, -0.25) is 4.90 Å². The molecule has 1 atom stereocenters. The van der Waals surface area contributed by atoms with Crippen molar-refractivity contribution in [2.45, 2.75) is 46.1 Å². The number of fused-ring (bicyclic) bond motifs is 1. The van der Waals surface area contributed by atoms with Gasteiger partial charge in [0.05, 0.1) is 30.1 Å². The molecule has 3 aromatic rings. The Kier molecular flexibility index (Phi) is 8.38. The van der Waals surface area contributed by atoms with E-state index >= 15 is 0 Å². The number of para-hydroxylation sites is 3. The summed E-state index contributed by atoms with van der Waals surface area (Å²) in [6, 6.07) is 23.8. The number of rotatable bonds is 7. The number of hydrogen-bond acceptors (Lipinski definition) is 6. The van der Waals surface area contributed by atoms with Crippen LogP contribution in [0.15, 0.2) is 77.8 Å². The van der Waals surface area contributed by atoms with Gasteiger partial charge >= 0.3 is 6.09 Å². The average molecular weight is 547 g/mol. The minimum atomic E-state index is -0.289. The Bertz CT molecular complexity index is 1320. The Morgan fingerprint density at radius 3 is 2.36 bits per heavy atom. The second-order valence-corrected chi connectivity index (χ2v) is 10.6. The lowest BCUT2D eigenvalue weighted by Gasteiger charge is -2.41. The fourth-order valence-electron chi connectivity index (χ4n) is 5.02. The highest BCUT2D eigenvalue weighted by Crippen LogP contribution is 2.36. The number of aliphatic imine (C=N–C) groups is 1. The molecule has 1 fully saturated rings. The summed E-state index contributed by atoms with van der Waals surface area (Å²) in [6.45, 7) is 9.89. The van der Waals surface area contributed by atoms with Crippen molar-refractivity contribution in [1.29, 1.82) is 0 Å². The van der Waals surface area contributed by atoms with Crippen LogP contribution in [0.5, 0.6) is 5.75 Å². The maximum atomic E-state index is 12.7. The number of ether oxygens (including phenoxy) is 2. The molecule has 3 aromatic carbocycles. The van der Waals surface area contributed by atoms with Gasteiger partial charge in [-0.1, -0.05) is 54.1 Å². The van der Waals surface area contributed by atoms with E-state index in [9.17, 15) is 4.79 Å². The lowest BCUT2D eigenvalue weighted by atomic mass is 10.1. The molecule has 1 unspecified atom stereocenters. The van der Waals surface area contributed by atoms with Gasteiger partial charge < -0.3 is 19.3 Å². The molecule has 204 valence electrons. The van der Waals surface area contributed by atoms with Crippen LogP contribution < -0.4 is 9.64 Å². The van der Waals surface area contributed by atoms with E-state index in [0.29, 0.717) is 18.1 Å². The predicted octanol–water partition coefficient (Wildman–Crippen LogP) is 6.52. The van der Waals surface area contributed by atoms with E-state index in [4.69, 9.17) is 26.1 Å². The number of nitrogens with zero attached hydrogens (tertiary/aromatic N) is 4. The quantitative estimate of drug-likeness (QED) is 0.337. The number of benzene rings is 3. The second-order valence-electron chi connectivity index (χ2n) is 10.2. The fourth-order valence-corrected chi connectivity index (χ4v) is 5.15. The van der Waals surface area contributed by atoms with Gasteiger partial charge in [0.25, 0.3) is 0 Å². The van der Waals surface area contributed by atoms with E-state index < -0.39 is 0 Å². The summed E-state index contributed by atoms with van der Waals surface area (Å²) in [6.07, 6.45) is -0.226. The van der Waals surface area contributed by atoms with Gasteiger partial charge in [-0.15, -0.1) is 0 Å². The van der Waals surface area contributed by atoms with Gasteiger partial charge in [0, 0.05) is 31.2 Å². The molecule has 2 aliphatic heterocycles. The zero-order chi connectivity index (χ0) is 27.4. The Morgan fingerprint density at radius 1 is 0.923 bits per heavy atom. The highest BCUT2D eigenvalue weighted by atomic mass is 35.5. The topological polar surface area (TPSA) is 57.6 Å². The van der Waals surface area contributed by atoms with Crippen LogP contribution in [0.3, 0.4) is 0 Å². The number of carbonyl (C=O) groups is 1. The summed E-state index contributed by atoms with van der Waals surface area (Å²) in [4.78, 5) is 24.3. The molecule has 7 nitrogen and oxygen atoms in total. The average Bonchev–Trinajstić information content (AvgIpc) is 2.96. The molecule has 2 aliphatic rings. The third-order valence-electron chi connectivity index (χ3n) is 7.12. The molecule has 2 heterocycles. The van der Waals surface area contributed by atoms with Gasteiger partial charge in [-0.2, -0.15) is 0 Å². The molecule has 0 saturated carbocycles. The van der Waals surface area contributed by atoms with Gasteiger partial charge in [0.15, 0.2) is 0 Å². The normalized spacial score (nSPS) is 16.5. The zero-order valence-corrected chi connectivity index (χ0v) is 23.5. The lowest BCUT2D eigenvalue weighted by Crippen LogP contribution is -2.56. The standard InChI is InChI=1S/C31H35ClN4O3/c1-22(2)39-29-11-7-6-10-28(29)36-20-25-8-4-5-9-27(25)33-30(36)23(3)34-16-18-35(19-17-34)31(37)38-21-24-12-14-26(32)15-13-24/h4-15,22-23H,16-21H2,1-3H3. The van der Waals surface area contributed by atoms with Crippen molar-refractivity contribution in [1.82, 2.24) is 9.80 Å². The van der Waals surface area contributed by atoms with Gasteiger partial charge in [-0.25, -0.2) is 9.79 Å². The van der Waals surface area contributed by atoms with Crippen molar-refractivity contribution in [3.63, 3.8) is 0 Å². The molecule has 0 aromatic heterocycles. The van der Waals surface area contributed by atoms with Crippen LogP contribution in [-0.4, -0.2) is 60.1 Å². The van der Waals surface area contributed by atoms with Gasteiger partial charge in [0.2, 0.25) is 0 Å². The third kappa shape index (κ3) is 6.37. The first-order valence-corrected chi connectivity index (χ1v) is 13.9. The first-order valence-electron chi connectivity index (χ1n) is 13.5. The summed E-state index contributed by atoms with van der Waals surface area (Å²) < 4.78 is 11.7. The van der Waals surface area contributed by atoms with E-state index in [-0.39, 0.29) is 24.8 Å². The highest BCUT2D eigenvalue weighted by Gasteiger charge is 2.33. The van der Waals surface area contributed by atoms with Gasteiger partial charge in [-0.05, 0) is 62.2 Å². The predicted molar refractivity (Wildman–Crippen MR) is 156 cm³/mol. The first kappa shape index (κ1) is 27.0. The number of anilines is 1. The minimum Gasteiger partial charge on any atom is -0.489 e. The molecule has 0 radical (unpaired) electrons. The maximum absolute atomic E-state index is 12.7. The Hall–Kier alpha value is -3.55. The van der Waals surface area contributed by atoms with Crippen LogP contribution >= 0.6 is 11.6 Å². The number of amides is 1. The molecule has 5 rings (SSSR count). The van der Waals surface area contributed by atoms with Crippen molar-refractivity contribution >= 4 is 34.9 Å². The number of halogens is 1. The monoisotopic (exact) mass is 546 g/mol. The smallest absolute Gasteiger partial charge is 0.410 e. The molecule has 0 N–H and O–H groups in total. The lowest BCUT2D eigenvalue weighted by molar-refractivity contribution is 0.0685. The van der Waals surface area contributed by atoms with Crippen LogP contribution in [0, 0.1) is 0 Å². The van der Waals surface area contributed by atoms with E-state index in [1.165, 1.54) is 5.56 Å². The summed E-state index contributed by atoms with van der Waals surface area (Å²) in [5.41, 5.74) is 4.11.